The highest BCUT2D eigenvalue weighted by Gasteiger charge is 2.09. The molecule has 1 heterocycles. The Morgan fingerprint density at radius 2 is 2.15 bits per heavy atom. The van der Waals surface area contributed by atoms with Crippen molar-refractivity contribution in [1.82, 2.24) is 9.97 Å². The van der Waals surface area contributed by atoms with E-state index in [0.29, 0.717) is 0 Å². The standard InChI is InChI=1S/C16H18N2O2/c1-3-5-14-10-17-11(2)18-16(14)13-7-4-6-12(8-13)9-15(19)20/h4,6-8,10H,3,5,9H2,1-2H3,(H,19,20). The van der Waals surface area contributed by atoms with Crippen molar-refractivity contribution < 1.29 is 9.90 Å². The number of carbonyl (C=O) groups is 1. The molecule has 0 saturated heterocycles. The number of rotatable bonds is 5. The third-order valence-electron chi connectivity index (χ3n) is 3.06. The van der Waals surface area contributed by atoms with Crippen molar-refractivity contribution in [3.05, 3.63) is 47.4 Å². The molecule has 0 fully saturated rings. The second kappa shape index (κ2) is 6.28. The van der Waals surface area contributed by atoms with Gasteiger partial charge in [0, 0.05) is 11.8 Å². The molecule has 104 valence electrons. The molecule has 0 aliphatic carbocycles. The molecule has 1 N–H and O–H groups in total. The second-order valence-electron chi connectivity index (χ2n) is 4.81. The number of aryl methyl sites for hydroxylation is 2. The molecule has 2 aromatic rings. The zero-order chi connectivity index (χ0) is 14.5. The highest BCUT2D eigenvalue weighted by atomic mass is 16.4. The van der Waals surface area contributed by atoms with E-state index in [4.69, 9.17) is 5.11 Å². The van der Waals surface area contributed by atoms with Crippen LogP contribution in [-0.2, 0) is 17.6 Å². The molecule has 20 heavy (non-hydrogen) atoms. The molecule has 0 atom stereocenters. The summed E-state index contributed by atoms with van der Waals surface area (Å²) in [7, 11) is 0. The Morgan fingerprint density at radius 1 is 1.35 bits per heavy atom. The Labute approximate surface area is 118 Å². The monoisotopic (exact) mass is 270 g/mol. The van der Waals surface area contributed by atoms with Gasteiger partial charge in [-0.2, -0.15) is 0 Å². The molecule has 2 rings (SSSR count). The number of aliphatic carboxylic acids is 1. The SMILES string of the molecule is CCCc1cnc(C)nc1-c1cccc(CC(=O)O)c1. The van der Waals surface area contributed by atoms with Gasteiger partial charge in [0.25, 0.3) is 0 Å². The van der Waals surface area contributed by atoms with E-state index >= 15 is 0 Å². The Balaban J connectivity index is 2.44. The van der Waals surface area contributed by atoms with Crippen LogP contribution in [0.2, 0.25) is 0 Å². The molecule has 0 unspecified atom stereocenters. The number of aromatic nitrogens is 2. The van der Waals surface area contributed by atoms with Gasteiger partial charge < -0.3 is 5.11 Å². The van der Waals surface area contributed by atoms with Gasteiger partial charge in [-0.15, -0.1) is 0 Å². The van der Waals surface area contributed by atoms with Gasteiger partial charge in [0.05, 0.1) is 12.1 Å². The number of hydrogen-bond acceptors (Lipinski definition) is 3. The molecule has 4 nitrogen and oxygen atoms in total. The van der Waals surface area contributed by atoms with E-state index in [1.165, 1.54) is 0 Å². The Kier molecular flexibility index (Phi) is 4.45. The maximum Gasteiger partial charge on any atom is 0.307 e. The largest absolute Gasteiger partial charge is 0.481 e. The summed E-state index contributed by atoms with van der Waals surface area (Å²) >= 11 is 0. The molecule has 1 aromatic heterocycles. The summed E-state index contributed by atoms with van der Waals surface area (Å²) in [5.74, 6) is -0.0988. The van der Waals surface area contributed by atoms with Crippen molar-refractivity contribution in [1.29, 1.82) is 0 Å². The van der Waals surface area contributed by atoms with E-state index in [0.717, 1.165) is 41.1 Å². The van der Waals surface area contributed by atoms with Gasteiger partial charge in [0.2, 0.25) is 0 Å². The first kappa shape index (κ1) is 14.2. The average Bonchev–Trinajstić information content (AvgIpc) is 2.40. The first-order valence-electron chi connectivity index (χ1n) is 6.73. The maximum atomic E-state index is 10.8. The topological polar surface area (TPSA) is 63.1 Å². The summed E-state index contributed by atoms with van der Waals surface area (Å²) in [5.41, 5.74) is 3.75. The Hall–Kier alpha value is -2.23. The second-order valence-corrected chi connectivity index (χ2v) is 4.81. The number of benzene rings is 1. The molecule has 0 amide bonds. The Bertz CT molecular complexity index is 624. The quantitative estimate of drug-likeness (QED) is 0.907. The summed E-state index contributed by atoms with van der Waals surface area (Å²) in [4.78, 5) is 19.6. The fourth-order valence-corrected chi connectivity index (χ4v) is 2.20. The van der Waals surface area contributed by atoms with Crippen molar-refractivity contribution in [3.8, 4) is 11.3 Å². The van der Waals surface area contributed by atoms with Crippen LogP contribution in [0.25, 0.3) is 11.3 Å². The number of nitrogens with zero attached hydrogens (tertiary/aromatic N) is 2. The molecule has 0 saturated carbocycles. The van der Waals surface area contributed by atoms with Gasteiger partial charge in [0.1, 0.15) is 5.82 Å². The van der Waals surface area contributed by atoms with E-state index in [1.807, 2.05) is 37.4 Å². The van der Waals surface area contributed by atoms with Crippen LogP contribution in [-0.4, -0.2) is 21.0 Å². The Morgan fingerprint density at radius 3 is 2.85 bits per heavy atom. The van der Waals surface area contributed by atoms with Gasteiger partial charge in [-0.1, -0.05) is 31.5 Å². The van der Waals surface area contributed by atoms with E-state index in [1.54, 1.807) is 0 Å². The number of carboxylic acids is 1. The first-order chi connectivity index (χ1) is 9.60. The molecule has 0 bridgehead atoms. The average molecular weight is 270 g/mol. The summed E-state index contributed by atoms with van der Waals surface area (Å²) in [6, 6.07) is 7.56. The van der Waals surface area contributed by atoms with Crippen molar-refractivity contribution >= 4 is 5.97 Å². The van der Waals surface area contributed by atoms with Crippen molar-refractivity contribution in [2.45, 2.75) is 33.1 Å². The summed E-state index contributed by atoms with van der Waals surface area (Å²) in [6.07, 6.45) is 3.83. The van der Waals surface area contributed by atoms with E-state index < -0.39 is 5.97 Å². The molecule has 1 aromatic carbocycles. The third-order valence-corrected chi connectivity index (χ3v) is 3.06. The minimum atomic E-state index is -0.824. The highest BCUT2D eigenvalue weighted by Crippen LogP contribution is 2.23. The van der Waals surface area contributed by atoms with Gasteiger partial charge in [-0.3, -0.25) is 4.79 Å². The van der Waals surface area contributed by atoms with Crippen LogP contribution in [0.5, 0.6) is 0 Å². The van der Waals surface area contributed by atoms with Gasteiger partial charge in [0.15, 0.2) is 0 Å². The fraction of sp³-hybridized carbons (Fsp3) is 0.312. The van der Waals surface area contributed by atoms with Crippen LogP contribution < -0.4 is 0 Å². The molecule has 0 radical (unpaired) electrons. The van der Waals surface area contributed by atoms with E-state index in [2.05, 4.69) is 16.9 Å². The lowest BCUT2D eigenvalue weighted by Gasteiger charge is -2.09. The molecule has 0 spiro atoms. The lowest BCUT2D eigenvalue weighted by atomic mass is 10.0. The van der Waals surface area contributed by atoms with Crippen LogP contribution >= 0.6 is 0 Å². The molecule has 0 aliphatic rings. The summed E-state index contributed by atoms with van der Waals surface area (Å²) in [6.45, 7) is 3.98. The third kappa shape index (κ3) is 3.41. The predicted octanol–water partition coefficient (Wildman–Crippen LogP) is 3.03. The minimum Gasteiger partial charge on any atom is -0.481 e. The van der Waals surface area contributed by atoms with Crippen molar-refractivity contribution in [2.75, 3.05) is 0 Å². The van der Waals surface area contributed by atoms with Crippen LogP contribution in [0.4, 0.5) is 0 Å². The molecule has 0 aliphatic heterocycles. The van der Waals surface area contributed by atoms with E-state index in [9.17, 15) is 4.79 Å². The van der Waals surface area contributed by atoms with Crippen molar-refractivity contribution in [2.24, 2.45) is 0 Å². The number of carboxylic acid groups (broad SMARTS) is 1. The smallest absolute Gasteiger partial charge is 0.307 e. The molecular weight excluding hydrogens is 252 g/mol. The zero-order valence-electron chi connectivity index (χ0n) is 11.8. The zero-order valence-corrected chi connectivity index (χ0v) is 11.8. The van der Waals surface area contributed by atoms with E-state index in [-0.39, 0.29) is 6.42 Å². The lowest BCUT2D eigenvalue weighted by molar-refractivity contribution is -0.136. The fourth-order valence-electron chi connectivity index (χ4n) is 2.20. The van der Waals surface area contributed by atoms with Gasteiger partial charge in [-0.05, 0) is 30.5 Å². The van der Waals surface area contributed by atoms with Gasteiger partial charge >= 0.3 is 5.97 Å². The van der Waals surface area contributed by atoms with Crippen molar-refractivity contribution in [3.63, 3.8) is 0 Å². The minimum absolute atomic E-state index is 0.0288. The van der Waals surface area contributed by atoms with Gasteiger partial charge in [-0.25, -0.2) is 9.97 Å². The molecular formula is C16H18N2O2. The maximum absolute atomic E-state index is 10.8. The lowest BCUT2D eigenvalue weighted by Crippen LogP contribution is -2.01. The summed E-state index contributed by atoms with van der Waals surface area (Å²) < 4.78 is 0. The first-order valence-corrected chi connectivity index (χ1v) is 6.73. The summed E-state index contributed by atoms with van der Waals surface area (Å²) in [5, 5.41) is 8.89. The van der Waals surface area contributed by atoms with Crippen LogP contribution in [0.15, 0.2) is 30.5 Å². The number of hydrogen-bond donors (Lipinski definition) is 1. The van der Waals surface area contributed by atoms with Crippen LogP contribution in [0.3, 0.4) is 0 Å². The molecule has 4 heteroatoms. The highest BCUT2D eigenvalue weighted by molar-refractivity contribution is 5.72. The van der Waals surface area contributed by atoms with Crippen LogP contribution in [0.1, 0.15) is 30.3 Å². The van der Waals surface area contributed by atoms with Crippen LogP contribution in [0, 0.1) is 6.92 Å². The predicted molar refractivity (Wildman–Crippen MR) is 77.5 cm³/mol. The normalized spacial score (nSPS) is 10.5.